The normalized spacial score (nSPS) is 10.8. The molecule has 1 aromatic heterocycles. The summed E-state index contributed by atoms with van der Waals surface area (Å²) in [5.41, 5.74) is 1.02. The van der Waals surface area contributed by atoms with E-state index in [1.54, 1.807) is 11.8 Å². The lowest BCUT2D eigenvalue weighted by Crippen LogP contribution is -1.99. The molecule has 0 bridgehead atoms. The van der Waals surface area contributed by atoms with E-state index in [-0.39, 0.29) is 0 Å². The molecule has 0 aliphatic heterocycles. The summed E-state index contributed by atoms with van der Waals surface area (Å²) in [5, 5.41) is 0.544. The number of hydrogen-bond acceptors (Lipinski definition) is 3. The standard InChI is InChI=1S/C9H13ClN2S/c1-6(2)7-4-8(10)12-9(11-7)5-13-3/h4,6H,5H2,1-3H3. The van der Waals surface area contributed by atoms with E-state index >= 15 is 0 Å². The molecule has 0 N–H and O–H groups in total. The third kappa shape index (κ3) is 3.16. The van der Waals surface area contributed by atoms with Gasteiger partial charge < -0.3 is 0 Å². The van der Waals surface area contributed by atoms with E-state index in [0.717, 1.165) is 17.3 Å². The lowest BCUT2D eigenvalue weighted by Gasteiger charge is -2.06. The SMILES string of the molecule is CSCc1nc(Cl)cc(C(C)C)n1. The van der Waals surface area contributed by atoms with Crippen LogP contribution in [0.15, 0.2) is 6.07 Å². The Kier molecular flexibility index (Phi) is 4.00. The first-order chi connectivity index (χ1) is 6.13. The summed E-state index contributed by atoms with van der Waals surface area (Å²) in [6.45, 7) is 4.20. The van der Waals surface area contributed by atoms with Gasteiger partial charge in [0, 0.05) is 5.69 Å². The summed E-state index contributed by atoms with van der Waals surface area (Å²) in [6.07, 6.45) is 2.03. The summed E-state index contributed by atoms with van der Waals surface area (Å²) < 4.78 is 0. The Hall–Kier alpha value is -0.280. The molecule has 0 unspecified atom stereocenters. The first-order valence-electron chi connectivity index (χ1n) is 4.15. The Morgan fingerprint density at radius 3 is 2.69 bits per heavy atom. The van der Waals surface area contributed by atoms with Crippen LogP contribution in [0.2, 0.25) is 5.15 Å². The lowest BCUT2D eigenvalue weighted by atomic mass is 10.1. The van der Waals surface area contributed by atoms with Crippen molar-refractivity contribution in [3.63, 3.8) is 0 Å². The highest BCUT2D eigenvalue weighted by Gasteiger charge is 2.05. The molecule has 0 atom stereocenters. The van der Waals surface area contributed by atoms with Crippen LogP contribution in [0.3, 0.4) is 0 Å². The Balaban J connectivity index is 2.96. The van der Waals surface area contributed by atoms with Gasteiger partial charge in [-0.1, -0.05) is 25.4 Å². The Bertz CT molecular complexity index is 289. The largest absolute Gasteiger partial charge is 0.237 e. The van der Waals surface area contributed by atoms with Gasteiger partial charge in [0.05, 0.1) is 5.75 Å². The molecule has 0 aromatic carbocycles. The van der Waals surface area contributed by atoms with Crippen molar-refractivity contribution in [3.05, 3.63) is 22.7 Å². The van der Waals surface area contributed by atoms with Crippen LogP contribution in [0.25, 0.3) is 0 Å². The van der Waals surface area contributed by atoms with Crippen molar-refractivity contribution in [2.75, 3.05) is 6.26 Å². The van der Waals surface area contributed by atoms with E-state index in [4.69, 9.17) is 11.6 Å². The van der Waals surface area contributed by atoms with Gasteiger partial charge in [-0.2, -0.15) is 11.8 Å². The van der Waals surface area contributed by atoms with Crippen LogP contribution in [-0.4, -0.2) is 16.2 Å². The smallest absolute Gasteiger partial charge is 0.140 e. The average molecular weight is 217 g/mol. The summed E-state index contributed by atoms with van der Waals surface area (Å²) in [5.74, 6) is 2.05. The zero-order valence-electron chi connectivity index (χ0n) is 8.04. The van der Waals surface area contributed by atoms with Crippen LogP contribution in [0, 0.1) is 0 Å². The highest BCUT2D eigenvalue weighted by atomic mass is 35.5. The molecule has 0 saturated heterocycles. The van der Waals surface area contributed by atoms with E-state index in [2.05, 4.69) is 23.8 Å². The maximum atomic E-state index is 5.87. The predicted octanol–water partition coefficient (Wildman–Crippen LogP) is 3.12. The van der Waals surface area contributed by atoms with Crippen molar-refractivity contribution >= 4 is 23.4 Å². The van der Waals surface area contributed by atoms with E-state index < -0.39 is 0 Å². The minimum atomic E-state index is 0.404. The summed E-state index contributed by atoms with van der Waals surface area (Å²) >= 11 is 7.57. The fourth-order valence-corrected chi connectivity index (χ4v) is 1.57. The zero-order chi connectivity index (χ0) is 9.84. The molecule has 0 radical (unpaired) electrons. The topological polar surface area (TPSA) is 25.8 Å². The highest BCUT2D eigenvalue weighted by molar-refractivity contribution is 7.97. The van der Waals surface area contributed by atoms with E-state index in [1.165, 1.54) is 0 Å². The van der Waals surface area contributed by atoms with Gasteiger partial charge >= 0.3 is 0 Å². The molecule has 0 fully saturated rings. The fraction of sp³-hybridized carbons (Fsp3) is 0.556. The summed E-state index contributed by atoms with van der Waals surface area (Å²) in [4.78, 5) is 8.55. The number of thioether (sulfide) groups is 1. The molecule has 2 nitrogen and oxygen atoms in total. The van der Waals surface area contributed by atoms with E-state index in [9.17, 15) is 0 Å². The van der Waals surface area contributed by atoms with Gasteiger partial charge in [-0.05, 0) is 18.2 Å². The van der Waals surface area contributed by atoms with Crippen LogP contribution in [0.4, 0.5) is 0 Å². The van der Waals surface area contributed by atoms with Crippen LogP contribution in [-0.2, 0) is 5.75 Å². The molecule has 4 heteroatoms. The minimum Gasteiger partial charge on any atom is -0.237 e. The second-order valence-electron chi connectivity index (χ2n) is 3.12. The third-order valence-electron chi connectivity index (χ3n) is 1.63. The number of hydrogen-bond donors (Lipinski definition) is 0. The molecule has 1 rings (SSSR count). The van der Waals surface area contributed by atoms with Gasteiger partial charge in [0.2, 0.25) is 0 Å². The molecule has 72 valence electrons. The molecule has 1 aromatic rings. The van der Waals surface area contributed by atoms with Crippen LogP contribution in [0.1, 0.15) is 31.3 Å². The van der Waals surface area contributed by atoms with Crippen LogP contribution in [0.5, 0.6) is 0 Å². The van der Waals surface area contributed by atoms with Crippen molar-refractivity contribution < 1.29 is 0 Å². The number of rotatable bonds is 3. The quantitative estimate of drug-likeness (QED) is 0.727. The third-order valence-corrected chi connectivity index (χ3v) is 2.37. The fourth-order valence-electron chi connectivity index (χ4n) is 0.973. The van der Waals surface area contributed by atoms with Crippen LogP contribution >= 0.6 is 23.4 Å². The maximum absolute atomic E-state index is 5.87. The van der Waals surface area contributed by atoms with Crippen molar-refractivity contribution in [2.45, 2.75) is 25.5 Å². The highest BCUT2D eigenvalue weighted by Crippen LogP contribution is 2.17. The van der Waals surface area contributed by atoms with Gasteiger partial charge in [-0.25, -0.2) is 9.97 Å². The molecule has 1 heterocycles. The molecule has 0 amide bonds. The second-order valence-corrected chi connectivity index (χ2v) is 4.37. The predicted molar refractivity (Wildman–Crippen MR) is 58.4 cm³/mol. The van der Waals surface area contributed by atoms with Crippen LogP contribution < -0.4 is 0 Å². The first kappa shape index (κ1) is 10.8. The van der Waals surface area contributed by atoms with E-state index in [1.807, 2.05) is 12.3 Å². The average Bonchev–Trinajstić information content (AvgIpc) is 2.03. The van der Waals surface area contributed by atoms with Crippen molar-refractivity contribution in [1.82, 2.24) is 9.97 Å². The van der Waals surface area contributed by atoms with Gasteiger partial charge in [-0.3, -0.25) is 0 Å². The molecule has 13 heavy (non-hydrogen) atoms. The molecule has 0 aliphatic rings. The van der Waals surface area contributed by atoms with Gasteiger partial charge in [0.25, 0.3) is 0 Å². The van der Waals surface area contributed by atoms with Crippen molar-refractivity contribution in [1.29, 1.82) is 0 Å². The van der Waals surface area contributed by atoms with Gasteiger partial charge in [0.15, 0.2) is 0 Å². The molecule has 0 aliphatic carbocycles. The van der Waals surface area contributed by atoms with Gasteiger partial charge in [-0.15, -0.1) is 0 Å². The summed E-state index contributed by atoms with van der Waals surface area (Å²) in [6, 6.07) is 1.83. The molecular weight excluding hydrogens is 204 g/mol. The van der Waals surface area contributed by atoms with Crippen molar-refractivity contribution in [2.24, 2.45) is 0 Å². The molecule has 0 spiro atoms. The second kappa shape index (κ2) is 4.82. The zero-order valence-corrected chi connectivity index (χ0v) is 9.61. The molecule has 0 saturated carbocycles. The number of aromatic nitrogens is 2. The number of nitrogens with zero attached hydrogens (tertiary/aromatic N) is 2. The van der Waals surface area contributed by atoms with Crippen molar-refractivity contribution in [3.8, 4) is 0 Å². The monoisotopic (exact) mass is 216 g/mol. The van der Waals surface area contributed by atoms with E-state index in [0.29, 0.717) is 11.1 Å². The first-order valence-corrected chi connectivity index (χ1v) is 5.93. The lowest BCUT2D eigenvalue weighted by molar-refractivity contribution is 0.799. The van der Waals surface area contributed by atoms with Gasteiger partial charge in [0.1, 0.15) is 11.0 Å². The Morgan fingerprint density at radius 1 is 1.46 bits per heavy atom. The molecular formula is C9H13ClN2S. The maximum Gasteiger partial charge on any atom is 0.140 e. The Labute approximate surface area is 88.1 Å². The number of halogens is 1. The summed E-state index contributed by atoms with van der Waals surface area (Å²) in [7, 11) is 0. The minimum absolute atomic E-state index is 0.404. The Morgan fingerprint density at radius 2 is 2.15 bits per heavy atom.